The van der Waals surface area contributed by atoms with Crippen molar-refractivity contribution >= 4 is 22.6 Å². The summed E-state index contributed by atoms with van der Waals surface area (Å²) in [5, 5.41) is 1.60. The van der Waals surface area contributed by atoms with Crippen LogP contribution in [0.15, 0.2) is 28.7 Å². The SMILES string of the molecule is COCCC(N)c1cc2cccc(Cl)c2o1. The molecule has 0 fully saturated rings. The predicted octanol–water partition coefficient (Wildman–Crippen LogP) is 3.12. The largest absolute Gasteiger partial charge is 0.458 e. The van der Waals surface area contributed by atoms with E-state index in [1.807, 2.05) is 18.2 Å². The molecule has 1 atom stereocenters. The van der Waals surface area contributed by atoms with Crippen LogP contribution in [0.5, 0.6) is 0 Å². The highest BCUT2D eigenvalue weighted by atomic mass is 35.5. The molecular weight excluding hydrogens is 226 g/mol. The van der Waals surface area contributed by atoms with Crippen molar-refractivity contribution in [3.8, 4) is 0 Å². The highest BCUT2D eigenvalue weighted by molar-refractivity contribution is 6.34. The van der Waals surface area contributed by atoms with Crippen LogP contribution in [0, 0.1) is 0 Å². The maximum absolute atomic E-state index is 6.02. The molecule has 16 heavy (non-hydrogen) atoms. The molecule has 0 aliphatic rings. The molecule has 4 heteroatoms. The van der Waals surface area contributed by atoms with E-state index in [-0.39, 0.29) is 6.04 Å². The number of hydrogen-bond donors (Lipinski definition) is 1. The lowest BCUT2D eigenvalue weighted by Crippen LogP contribution is -2.11. The summed E-state index contributed by atoms with van der Waals surface area (Å²) < 4.78 is 10.6. The van der Waals surface area contributed by atoms with Crippen LogP contribution in [0.25, 0.3) is 11.0 Å². The zero-order valence-electron chi connectivity index (χ0n) is 9.07. The van der Waals surface area contributed by atoms with Crippen LogP contribution in [0.4, 0.5) is 0 Å². The van der Waals surface area contributed by atoms with Crippen LogP contribution < -0.4 is 5.73 Å². The van der Waals surface area contributed by atoms with Gasteiger partial charge in [0.25, 0.3) is 0 Å². The van der Waals surface area contributed by atoms with E-state index in [4.69, 9.17) is 26.5 Å². The molecule has 0 saturated heterocycles. The van der Waals surface area contributed by atoms with E-state index in [0.29, 0.717) is 17.2 Å². The molecule has 0 saturated carbocycles. The molecule has 1 aromatic carbocycles. The number of methoxy groups -OCH3 is 1. The van der Waals surface area contributed by atoms with Gasteiger partial charge in [-0.3, -0.25) is 0 Å². The lowest BCUT2D eigenvalue weighted by atomic mass is 10.1. The predicted molar refractivity (Wildman–Crippen MR) is 64.6 cm³/mol. The van der Waals surface area contributed by atoms with E-state index in [0.717, 1.165) is 17.6 Å². The zero-order valence-corrected chi connectivity index (χ0v) is 9.83. The van der Waals surface area contributed by atoms with E-state index in [1.165, 1.54) is 0 Å². The third kappa shape index (κ3) is 2.21. The van der Waals surface area contributed by atoms with Gasteiger partial charge in [-0.1, -0.05) is 23.7 Å². The lowest BCUT2D eigenvalue weighted by Gasteiger charge is -2.06. The lowest BCUT2D eigenvalue weighted by molar-refractivity contribution is 0.185. The summed E-state index contributed by atoms with van der Waals surface area (Å²) in [7, 11) is 1.65. The Kier molecular flexibility index (Phi) is 3.49. The minimum absolute atomic E-state index is 0.150. The minimum Gasteiger partial charge on any atom is -0.458 e. The standard InChI is InChI=1S/C12H14ClNO2/c1-15-6-5-10(14)11-7-8-3-2-4-9(13)12(8)16-11/h2-4,7,10H,5-6,14H2,1H3. The van der Waals surface area contributed by atoms with Gasteiger partial charge in [-0.15, -0.1) is 0 Å². The number of fused-ring (bicyclic) bond motifs is 1. The van der Waals surface area contributed by atoms with Gasteiger partial charge in [0, 0.05) is 19.1 Å². The van der Waals surface area contributed by atoms with Gasteiger partial charge in [0.1, 0.15) is 5.76 Å². The Balaban J connectivity index is 2.29. The second kappa shape index (κ2) is 4.87. The average molecular weight is 240 g/mol. The number of rotatable bonds is 4. The van der Waals surface area contributed by atoms with E-state index < -0.39 is 0 Å². The van der Waals surface area contributed by atoms with Crippen LogP contribution in [0.1, 0.15) is 18.2 Å². The smallest absolute Gasteiger partial charge is 0.152 e. The van der Waals surface area contributed by atoms with Gasteiger partial charge in [0.05, 0.1) is 11.1 Å². The Hall–Kier alpha value is -1.03. The average Bonchev–Trinajstić information content (AvgIpc) is 2.71. The summed E-state index contributed by atoms with van der Waals surface area (Å²) in [5.74, 6) is 0.750. The third-order valence-electron chi connectivity index (χ3n) is 2.51. The Morgan fingerprint density at radius 2 is 2.31 bits per heavy atom. The first-order valence-corrected chi connectivity index (χ1v) is 5.52. The number of para-hydroxylation sites is 1. The van der Waals surface area contributed by atoms with E-state index >= 15 is 0 Å². The topological polar surface area (TPSA) is 48.4 Å². The molecule has 0 amide bonds. The Bertz CT molecular complexity index is 481. The molecular formula is C12H14ClNO2. The summed E-state index contributed by atoms with van der Waals surface area (Å²) in [6.45, 7) is 0.617. The molecule has 0 radical (unpaired) electrons. The molecule has 2 rings (SSSR count). The number of halogens is 1. The van der Waals surface area contributed by atoms with Crippen molar-refractivity contribution in [1.29, 1.82) is 0 Å². The third-order valence-corrected chi connectivity index (χ3v) is 2.81. The number of ether oxygens (including phenoxy) is 1. The van der Waals surface area contributed by atoms with Gasteiger partial charge >= 0.3 is 0 Å². The highest BCUT2D eigenvalue weighted by Gasteiger charge is 2.13. The van der Waals surface area contributed by atoms with Gasteiger partial charge < -0.3 is 14.9 Å². The van der Waals surface area contributed by atoms with Crippen LogP contribution in [-0.2, 0) is 4.74 Å². The summed E-state index contributed by atoms with van der Waals surface area (Å²) in [4.78, 5) is 0. The molecule has 0 aliphatic carbocycles. The van der Waals surface area contributed by atoms with Crippen molar-refractivity contribution < 1.29 is 9.15 Å². The molecule has 2 aromatic rings. The van der Waals surface area contributed by atoms with Crippen molar-refractivity contribution in [1.82, 2.24) is 0 Å². The number of benzene rings is 1. The molecule has 1 heterocycles. The molecule has 0 spiro atoms. The monoisotopic (exact) mass is 239 g/mol. The Labute approximate surface area is 99.1 Å². The van der Waals surface area contributed by atoms with Gasteiger partial charge in [-0.2, -0.15) is 0 Å². The Morgan fingerprint density at radius 3 is 3.00 bits per heavy atom. The van der Waals surface area contributed by atoms with Crippen LogP contribution in [0.2, 0.25) is 5.02 Å². The van der Waals surface area contributed by atoms with E-state index in [2.05, 4.69) is 0 Å². The van der Waals surface area contributed by atoms with Crippen molar-refractivity contribution in [3.05, 3.63) is 35.0 Å². The van der Waals surface area contributed by atoms with Crippen molar-refractivity contribution in [2.75, 3.05) is 13.7 Å². The van der Waals surface area contributed by atoms with Gasteiger partial charge in [-0.25, -0.2) is 0 Å². The Morgan fingerprint density at radius 1 is 1.50 bits per heavy atom. The summed E-state index contributed by atoms with van der Waals surface area (Å²) in [5.41, 5.74) is 6.68. The van der Waals surface area contributed by atoms with E-state index in [9.17, 15) is 0 Å². The molecule has 1 aromatic heterocycles. The second-order valence-corrected chi connectivity index (χ2v) is 4.10. The van der Waals surface area contributed by atoms with Crippen LogP contribution in [0.3, 0.4) is 0 Å². The maximum atomic E-state index is 6.02. The molecule has 86 valence electrons. The fourth-order valence-corrected chi connectivity index (χ4v) is 1.84. The maximum Gasteiger partial charge on any atom is 0.152 e. The first-order chi connectivity index (χ1) is 7.72. The molecule has 2 N–H and O–H groups in total. The molecule has 3 nitrogen and oxygen atoms in total. The first-order valence-electron chi connectivity index (χ1n) is 5.15. The molecule has 0 bridgehead atoms. The molecule has 1 unspecified atom stereocenters. The number of nitrogens with two attached hydrogens (primary N) is 1. The van der Waals surface area contributed by atoms with Crippen molar-refractivity contribution in [2.45, 2.75) is 12.5 Å². The zero-order chi connectivity index (χ0) is 11.5. The fourth-order valence-electron chi connectivity index (χ4n) is 1.62. The minimum atomic E-state index is -0.150. The first kappa shape index (κ1) is 11.5. The van der Waals surface area contributed by atoms with Crippen LogP contribution in [-0.4, -0.2) is 13.7 Å². The van der Waals surface area contributed by atoms with Crippen molar-refractivity contribution in [2.24, 2.45) is 5.73 Å². The highest BCUT2D eigenvalue weighted by Crippen LogP contribution is 2.29. The fraction of sp³-hybridized carbons (Fsp3) is 0.333. The second-order valence-electron chi connectivity index (χ2n) is 3.69. The quantitative estimate of drug-likeness (QED) is 0.892. The molecule has 0 aliphatic heterocycles. The normalized spacial score (nSPS) is 13.2. The van der Waals surface area contributed by atoms with Gasteiger partial charge in [0.2, 0.25) is 0 Å². The summed E-state index contributed by atoms with van der Waals surface area (Å²) in [6.07, 6.45) is 0.730. The number of furan rings is 1. The van der Waals surface area contributed by atoms with Gasteiger partial charge in [-0.05, 0) is 18.6 Å². The van der Waals surface area contributed by atoms with Gasteiger partial charge in [0.15, 0.2) is 5.58 Å². The summed E-state index contributed by atoms with van der Waals surface area (Å²) in [6, 6.07) is 7.43. The summed E-state index contributed by atoms with van der Waals surface area (Å²) >= 11 is 6.02. The van der Waals surface area contributed by atoms with E-state index in [1.54, 1.807) is 13.2 Å². The van der Waals surface area contributed by atoms with Crippen molar-refractivity contribution in [3.63, 3.8) is 0 Å². The van der Waals surface area contributed by atoms with Crippen LogP contribution >= 0.6 is 11.6 Å². The number of hydrogen-bond acceptors (Lipinski definition) is 3.